The second-order valence-corrected chi connectivity index (χ2v) is 4.64. The van der Waals surface area contributed by atoms with Gasteiger partial charge in [0.15, 0.2) is 11.3 Å². The van der Waals surface area contributed by atoms with Crippen molar-refractivity contribution in [2.24, 2.45) is 0 Å². The van der Waals surface area contributed by atoms with Gasteiger partial charge in [0.2, 0.25) is 0 Å². The molecule has 0 unspecified atom stereocenters. The first-order valence-corrected chi connectivity index (χ1v) is 6.54. The van der Waals surface area contributed by atoms with Crippen molar-refractivity contribution in [2.45, 2.75) is 6.92 Å². The predicted octanol–water partition coefficient (Wildman–Crippen LogP) is 4.58. The van der Waals surface area contributed by atoms with Crippen molar-refractivity contribution in [2.75, 3.05) is 11.9 Å². The molecule has 0 aliphatic carbocycles. The van der Waals surface area contributed by atoms with E-state index in [0.29, 0.717) is 10.6 Å². The monoisotopic (exact) mass is 272 g/mol. The summed E-state index contributed by atoms with van der Waals surface area (Å²) < 4.78 is 5.80. The molecule has 0 aliphatic rings. The van der Waals surface area contributed by atoms with Gasteiger partial charge in [-0.15, -0.1) is 0 Å². The summed E-state index contributed by atoms with van der Waals surface area (Å²) in [5.74, 6) is 0.725. The molecule has 4 heteroatoms. The molecular weight excluding hydrogens is 260 g/mol. The molecule has 0 saturated carbocycles. The van der Waals surface area contributed by atoms with Crippen LogP contribution in [0, 0.1) is 0 Å². The van der Waals surface area contributed by atoms with Gasteiger partial charge in [0, 0.05) is 23.8 Å². The number of hydrogen-bond donors (Lipinski definition) is 1. The zero-order chi connectivity index (χ0) is 13.2. The van der Waals surface area contributed by atoms with Crippen LogP contribution in [0.1, 0.15) is 6.92 Å². The SMILES string of the molecule is CCNc1ccnc(-c2cc3cccc(Cl)c3o2)c1. The minimum absolute atomic E-state index is 0.617. The second-order valence-electron chi connectivity index (χ2n) is 4.23. The molecule has 96 valence electrons. The van der Waals surface area contributed by atoms with Crippen molar-refractivity contribution < 1.29 is 4.42 Å². The summed E-state index contributed by atoms with van der Waals surface area (Å²) in [7, 11) is 0. The van der Waals surface area contributed by atoms with E-state index in [1.54, 1.807) is 6.20 Å². The maximum Gasteiger partial charge on any atom is 0.153 e. The summed E-state index contributed by atoms with van der Waals surface area (Å²) in [5, 5.41) is 4.86. The average Bonchev–Trinajstić information content (AvgIpc) is 2.85. The molecule has 0 aliphatic heterocycles. The Hall–Kier alpha value is -2.00. The Morgan fingerprint density at radius 3 is 2.95 bits per heavy atom. The second kappa shape index (κ2) is 4.94. The van der Waals surface area contributed by atoms with E-state index < -0.39 is 0 Å². The molecule has 0 amide bonds. The Morgan fingerprint density at radius 1 is 1.26 bits per heavy atom. The van der Waals surface area contributed by atoms with Gasteiger partial charge in [-0.3, -0.25) is 4.98 Å². The topological polar surface area (TPSA) is 38.1 Å². The number of pyridine rings is 1. The van der Waals surface area contributed by atoms with Crippen LogP contribution in [0.5, 0.6) is 0 Å². The molecule has 0 atom stereocenters. The maximum atomic E-state index is 6.11. The smallest absolute Gasteiger partial charge is 0.153 e. The standard InChI is InChI=1S/C15H13ClN2O/c1-2-17-11-6-7-18-13(9-11)14-8-10-4-3-5-12(16)15(10)19-14/h3-9H,2H2,1H3,(H,17,18). The van der Waals surface area contributed by atoms with Crippen LogP contribution in [0.25, 0.3) is 22.4 Å². The largest absolute Gasteiger partial charge is 0.453 e. The third-order valence-corrected chi connectivity index (χ3v) is 3.19. The molecule has 3 aromatic rings. The average molecular weight is 273 g/mol. The van der Waals surface area contributed by atoms with Crippen LogP contribution in [0.2, 0.25) is 5.02 Å². The highest BCUT2D eigenvalue weighted by Crippen LogP contribution is 2.31. The molecule has 19 heavy (non-hydrogen) atoms. The molecule has 2 aromatic heterocycles. The van der Waals surface area contributed by atoms with Gasteiger partial charge in [0.05, 0.1) is 5.02 Å². The van der Waals surface area contributed by atoms with Gasteiger partial charge in [-0.1, -0.05) is 23.7 Å². The fraction of sp³-hybridized carbons (Fsp3) is 0.133. The van der Waals surface area contributed by atoms with E-state index in [9.17, 15) is 0 Å². The van der Waals surface area contributed by atoms with Crippen LogP contribution in [0.3, 0.4) is 0 Å². The van der Waals surface area contributed by atoms with Crippen molar-refractivity contribution in [3.05, 3.63) is 47.6 Å². The van der Waals surface area contributed by atoms with E-state index >= 15 is 0 Å². The van der Waals surface area contributed by atoms with E-state index in [1.807, 2.05) is 36.4 Å². The Balaban J connectivity index is 2.08. The van der Waals surface area contributed by atoms with Crippen LogP contribution in [0.15, 0.2) is 47.0 Å². The fourth-order valence-electron chi connectivity index (χ4n) is 2.03. The van der Waals surface area contributed by atoms with E-state index in [1.165, 1.54) is 0 Å². The summed E-state index contributed by atoms with van der Waals surface area (Å²) in [4.78, 5) is 4.34. The molecule has 2 heterocycles. The van der Waals surface area contributed by atoms with E-state index in [0.717, 1.165) is 29.1 Å². The lowest BCUT2D eigenvalue weighted by Crippen LogP contribution is -1.96. The number of aromatic nitrogens is 1. The third-order valence-electron chi connectivity index (χ3n) is 2.89. The van der Waals surface area contributed by atoms with Crippen molar-refractivity contribution in [3.63, 3.8) is 0 Å². The minimum Gasteiger partial charge on any atom is -0.453 e. The van der Waals surface area contributed by atoms with Gasteiger partial charge in [0.1, 0.15) is 5.69 Å². The first-order chi connectivity index (χ1) is 9.28. The lowest BCUT2D eigenvalue weighted by molar-refractivity contribution is 0.629. The van der Waals surface area contributed by atoms with E-state index in [4.69, 9.17) is 16.0 Å². The number of fused-ring (bicyclic) bond motifs is 1. The van der Waals surface area contributed by atoms with Gasteiger partial charge in [-0.25, -0.2) is 0 Å². The highest BCUT2D eigenvalue weighted by molar-refractivity contribution is 6.34. The molecule has 3 rings (SSSR count). The van der Waals surface area contributed by atoms with Gasteiger partial charge >= 0.3 is 0 Å². The molecule has 0 spiro atoms. The molecular formula is C15H13ClN2O. The minimum atomic E-state index is 0.617. The summed E-state index contributed by atoms with van der Waals surface area (Å²) >= 11 is 6.11. The van der Waals surface area contributed by atoms with Gasteiger partial charge in [-0.2, -0.15) is 0 Å². The summed E-state index contributed by atoms with van der Waals surface area (Å²) in [6.07, 6.45) is 1.77. The predicted molar refractivity (Wildman–Crippen MR) is 78.6 cm³/mol. The van der Waals surface area contributed by atoms with Gasteiger partial charge in [0.25, 0.3) is 0 Å². The number of nitrogens with one attached hydrogen (secondary N) is 1. The van der Waals surface area contributed by atoms with Crippen LogP contribution in [-0.2, 0) is 0 Å². The fourth-order valence-corrected chi connectivity index (χ4v) is 2.25. The quantitative estimate of drug-likeness (QED) is 0.758. The number of rotatable bonds is 3. The first kappa shape index (κ1) is 12.1. The van der Waals surface area contributed by atoms with E-state index in [2.05, 4.69) is 17.2 Å². The van der Waals surface area contributed by atoms with Crippen molar-refractivity contribution in [3.8, 4) is 11.5 Å². The van der Waals surface area contributed by atoms with Crippen molar-refractivity contribution in [1.82, 2.24) is 4.98 Å². The van der Waals surface area contributed by atoms with Crippen LogP contribution in [0.4, 0.5) is 5.69 Å². The molecule has 0 fully saturated rings. The number of furan rings is 1. The zero-order valence-electron chi connectivity index (χ0n) is 10.5. The maximum absolute atomic E-state index is 6.11. The van der Waals surface area contributed by atoms with Crippen LogP contribution >= 0.6 is 11.6 Å². The Kier molecular flexibility index (Phi) is 3.13. The van der Waals surface area contributed by atoms with Gasteiger partial charge in [-0.05, 0) is 31.2 Å². The normalized spacial score (nSPS) is 10.8. The number of nitrogens with zero attached hydrogens (tertiary/aromatic N) is 1. The summed E-state index contributed by atoms with van der Waals surface area (Å²) in [6, 6.07) is 11.6. The lowest BCUT2D eigenvalue weighted by Gasteiger charge is -2.03. The Morgan fingerprint density at radius 2 is 2.16 bits per heavy atom. The molecule has 1 N–H and O–H groups in total. The number of hydrogen-bond acceptors (Lipinski definition) is 3. The highest BCUT2D eigenvalue weighted by Gasteiger charge is 2.10. The number of para-hydroxylation sites is 1. The highest BCUT2D eigenvalue weighted by atomic mass is 35.5. The molecule has 0 saturated heterocycles. The number of anilines is 1. The lowest BCUT2D eigenvalue weighted by atomic mass is 10.2. The molecule has 1 aromatic carbocycles. The molecule has 3 nitrogen and oxygen atoms in total. The Labute approximate surface area is 116 Å². The molecule has 0 bridgehead atoms. The van der Waals surface area contributed by atoms with Crippen LogP contribution in [-0.4, -0.2) is 11.5 Å². The van der Waals surface area contributed by atoms with Crippen molar-refractivity contribution >= 4 is 28.3 Å². The number of halogens is 1. The number of benzene rings is 1. The zero-order valence-corrected chi connectivity index (χ0v) is 11.2. The molecule has 0 radical (unpaired) electrons. The van der Waals surface area contributed by atoms with E-state index in [-0.39, 0.29) is 0 Å². The van der Waals surface area contributed by atoms with Crippen LogP contribution < -0.4 is 5.32 Å². The summed E-state index contributed by atoms with van der Waals surface area (Å²) in [6.45, 7) is 2.93. The first-order valence-electron chi connectivity index (χ1n) is 6.16. The summed E-state index contributed by atoms with van der Waals surface area (Å²) in [5.41, 5.74) is 2.53. The van der Waals surface area contributed by atoms with Crippen molar-refractivity contribution in [1.29, 1.82) is 0 Å². The third kappa shape index (κ3) is 2.29. The Bertz CT molecular complexity index is 721. The van der Waals surface area contributed by atoms with Gasteiger partial charge < -0.3 is 9.73 Å².